The highest BCUT2D eigenvalue weighted by atomic mass is 16.2. The third kappa shape index (κ3) is 2.35. The molecule has 100 valence electrons. The Morgan fingerprint density at radius 2 is 1.89 bits per heavy atom. The Labute approximate surface area is 108 Å². The zero-order valence-electron chi connectivity index (χ0n) is 11.3. The number of rotatable bonds is 2. The van der Waals surface area contributed by atoms with Gasteiger partial charge in [-0.3, -0.25) is 9.48 Å². The minimum Gasteiger partial charge on any atom is -0.395 e. The van der Waals surface area contributed by atoms with Gasteiger partial charge in [0.05, 0.1) is 11.4 Å². The molecule has 0 atom stereocenters. The summed E-state index contributed by atoms with van der Waals surface area (Å²) in [6.07, 6.45) is 5.36. The normalized spacial score (nSPS) is 16.7. The lowest BCUT2D eigenvalue weighted by Crippen LogP contribution is -2.33. The summed E-state index contributed by atoms with van der Waals surface area (Å²) in [7, 11) is 1.79. The van der Waals surface area contributed by atoms with Crippen molar-refractivity contribution in [2.75, 3.05) is 18.8 Å². The van der Waals surface area contributed by atoms with Crippen LogP contribution in [0.4, 0.5) is 5.69 Å². The largest absolute Gasteiger partial charge is 0.395 e. The number of hydrogen-bond donors (Lipinski definition) is 1. The van der Waals surface area contributed by atoms with E-state index >= 15 is 0 Å². The van der Waals surface area contributed by atoms with Crippen molar-refractivity contribution in [3.63, 3.8) is 0 Å². The molecule has 2 N–H and O–H groups in total. The van der Waals surface area contributed by atoms with Gasteiger partial charge in [-0.25, -0.2) is 0 Å². The predicted octanol–water partition coefficient (Wildman–Crippen LogP) is 1.58. The van der Waals surface area contributed by atoms with Crippen molar-refractivity contribution in [2.45, 2.75) is 39.0 Å². The summed E-state index contributed by atoms with van der Waals surface area (Å²) >= 11 is 0. The van der Waals surface area contributed by atoms with E-state index in [4.69, 9.17) is 5.73 Å². The molecule has 2 heterocycles. The summed E-state index contributed by atoms with van der Waals surface area (Å²) in [4.78, 5) is 14.4. The molecule has 5 heteroatoms. The Hall–Kier alpha value is -1.52. The van der Waals surface area contributed by atoms with E-state index < -0.39 is 0 Å². The number of carbonyl (C=O) groups is 1. The standard InChI is InChI=1S/C13H22N4O/c1-3-10-11(14)12(16(2)15-10)13(18)17-8-6-4-5-7-9-17/h3-9,14H2,1-2H3. The van der Waals surface area contributed by atoms with Crippen molar-refractivity contribution < 1.29 is 4.79 Å². The van der Waals surface area contributed by atoms with Crippen LogP contribution in [0.1, 0.15) is 48.8 Å². The molecular formula is C13H22N4O. The zero-order valence-corrected chi connectivity index (χ0v) is 11.3. The Balaban J connectivity index is 2.24. The number of nitrogen functional groups attached to an aromatic ring is 1. The lowest BCUT2D eigenvalue weighted by Gasteiger charge is -2.20. The van der Waals surface area contributed by atoms with E-state index in [9.17, 15) is 4.79 Å². The third-order valence-corrected chi connectivity index (χ3v) is 3.59. The minimum absolute atomic E-state index is 0.0316. The summed E-state index contributed by atoms with van der Waals surface area (Å²) in [5.74, 6) is 0.0316. The van der Waals surface area contributed by atoms with E-state index in [1.807, 2.05) is 11.8 Å². The number of nitrogens with two attached hydrogens (primary N) is 1. The highest BCUT2D eigenvalue weighted by Crippen LogP contribution is 2.20. The predicted molar refractivity (Wildman–Crippen MR) is 71.4 cm³/mol. The van der Waals surface area contributed by atoms with Gasteiger partial charge in [-0.05, 0) is 19.3 Å². The first-order chi connectivity index (χ1) is 8.65. The fourth-order valence-corrected chi connectivity index (χ4v) is 2.53. The van der Waals surface area contributed by atoms with Crippen molar-refractivity contribution >= 4 is 11.6 Å². The van der Waals surface area contributed by atoms with E-state index in [0.717, 1.165) is 38.0 Å². The molecular weight excluding hydrogens is 228 g/mol. The van der Waals surface area contributed by atoms with Gasteiger partial charge in [-0.2, -0.15) is 5.10 Å². The molecule has 0 saturated carbocycles. The summed E-state index contributed by atoms with van der Waals surface area (Å²) in [5.41, 5.74) is 7.95. The summed E-state index contributed by atoms with van der Waals surface area (Å²) in [6, 6.07) is 0. The molecule has 1 aliphatic heterocycles. The number of carbonyl (C=O) groups excluding carboxylic acids is 1. The molecule has 1 fully saturated rings. The quantitative estimate of drug-likeness (QED) is 0.866. The number of likely N-dealkylation sites (tertiary alicyclic amines) is 1. The number of aromatic nitrogens is 2. The molecule has 0 unspecified atom stereocenters. The second-order valence-corrected chi connectivity index (χ2v) is 4.89. The SMILES string of the molecule is CCc1nn(C)c(C(=O)N2CCCCCC2)c1N. The van der Waals surface area contributed by atoms with Crippen LogP contribution in [-0.2, 0) is 13.5 Å². The van der Waals surface area contributed by atoms with E-state index in [1.54, 1.807) is 11.7 Å². The second kappa shape index (κ2) is 5.42. The fourth-order valence-electron chi connectivity index (χ4n) is 2.53. The van der Waals surface area contributed by atoms with Gasteiger partial charge in [-0.15, -0.1) is 0 Å². The maximum absolute atomic E-state index is 12.5. The first-order valence-electron chi connectivity index (χ1n) is 6.75. The molecule has 0 bridgehead atoms. The molecule has 18 heavy (non-hydrogen) atoms. The maximum Gasteiger partial charge on any atom is 0.274 e. The van der Waals surface area contributed by atoms with Crippen LogP contribution in [0, 0.1) is 0 Å². The van der Waals surface area contributed by atoms with Crippen molar-refractivity contribution in [3.8, 4) is 0 Å². The Morgan fingerprint density at radius 3 is 2.39 bits per heavy atom. The molecule has 1 aromatic heterocycles. The van der Waals surface area contributed by atoms with Crippen LogP contribution in [0.5, 0.6) is 0 Å². The summed E-state index contributed by atoms with van der Waals surface area (Å²) in [5, 5.41) is 4.31. The summed E-state index contributed by atoms with van der Waals surface area (Å²) < 4.78 is 1.63. The van der Waals surface area contributed by atoms with Gasteiger partial charge in [0.25, 0.3) is 5.91 Å². The fraction of sp³-hybridized carbons (Fsp3) is 0.692. The van der Waals surface area contributed by atoms with E-state index in [2.05, 4.69) is 5.10 Å². The molecule has 1 aliphatic rings. The van der Waals surface area contributed by atoms with Crippen LogP contribution in [0.15, 0.2) is 0 Å². The average Bonchev–Trinajstić information content (AvgIpc) is 2.58. The third-order valence-electron chi connectivity index (χ3n) is 3.59. The number of aryl methyl sites for hydroxylation is 2. The number of hydrogen-bond acceptors (Lipinski definition) is 3. The smallest absolute Gasteiger partial charge is 0.274 e. The van der Waals surface area contributed by atoms with Gasteiger partial charge in [0.2, 0.25) is 0 Å². The molecule has 1 amide bonds. The van der Waals surface area contributed by atoms with E-state index in [1.165, 1.54) is 12.8 Å². The van der Waals surface area contributed by atoms with Crippen molar-refractivity contribution in [1.82, 2.24) is 14.7 Å². The monoisotopic (exact) mass is 250 g/mol. The molecule has 0 radical (unpaired) electrons. The first kappa shape index (κ1) is 12.9. The summed E-state index contributed by atoms with van der Waals surface area (Å²) in [6.45, 7) is 3.68. The lowest BCUT2D eigenvalue weighted by atomic mass is 10.2. The van der Waals surface area contributed by atoms with E-state index in [-0.39, 0.29) is 5.91 Å². The van der Waals surface area contributed by atoms with Crippen molar-refractivity contribution in [2.24, 2.45) is 7.05 Å². The second-order valence-electron chi connectivity index (χ2n) is 4.89. The van der Waals surface area contributed by atoms with Crippen LogP contribution in [-0.4, -0.2) is 33.7 Å². The van der Waals surface area contributed by atoms with Crippen molar-refractivity contribution in [3.05, 3.63) is 11.4 Å². The number of amides is 1. The van der Waals surface area contributed by atoms with Gasteiger partial charge in [0.15, 0.2) is 0 Å². The maximum atomic E-state index is 12.5. The Kier molecular flexibility index (Phi) is 3.89. The zero-order chi connectivity index (χ0) is 13.1. The molecule has 0 aromatic carbocycles. The topological polar surface area (TPSA) is 64.2 Å². The number of nitrogens with zero attached hydrogens (tertiary/aromatic N) is 3. The van der Waals surface area contributed by atoms with Gasteiger partial charge >= 0.3 is 0 Å². The Bertz CT molecular complexity index is 430. The minimum atomic E-state index is 0.0316. The van der Waals surface area contributed by atoms with Gasteiger partial charge in [0, 0.05) is 20.1 Å². The molecule has 2 rings (SSSR count). The van der Waals surface area contributed by atoms with Crippen LogP contribution in [0.25, 0.3) is 0 Å². The lowest BCUT2D eigenvalue weighted by molar-refractivity contribution is 0.0751. The van der Waals surface area contributed by atoms with Crippen LogP contribution < -0.4 is 5.73 Å². The molecule has 0 aliphatic carbocycles. The van der Waals surface area contributed by atoms with Crippen LogP contribution in [0.3, 0.4) is 0 Å². The van der Waals surface area contributed by atoms with Gasteiger partial charge < -0.3 is 10.6 Å². The highest BCUT2D eigenvalue weighted by Gasteiger charge is 2.24. The Morgan fingerprint density at radius 1 is 1.28 bits per heavy atom. The van der Waals surface area contributed by atoms with Crippen LogP contribution >= 0.6 is 0 Å². The molecule has 1 aromatic rings. The van der Waals surface area contributed by atoms with Gasteiger partial charge in [0.1, 0.15) is 5.69 Å². The molecule has 1 saturated heterocycles. The highest BCUT2D eigenvalue weighted by molar-refractivity contribution is 5.98. The van der Waals surface area contributed by atoms with E-state index in [0.29, 0.717) is 11.4 Å². The molecule has 0 spiro atoms. The molecule has 5 nitrogen and oxygen atoms in total. The average molecular weight is 250 g/mol. The number of anilines is 1. The van der Waals surface area contributed by atoms with Crippen LogP contribution in [0.2, 0.25) is 0 Å². The van der Waals surface area contributed by atoms with Gasteiger partial charge in [-0.1, -0.05) is 19.8 Å². The van der Waals surface area contributed by atoms with Crippen molar-refractivity contribution in [1.29, 1.82) is 0 Å². The first-order valence-corrected chi connectivity index (χ1v) is 6.75.